The second-order valence-electron chi connectivity index (χ2n) is 5.24. The number of hydrogen-bond acceptors (Lipinski definition) is 3. The number of carbonyl (C=O) groups excluding carboxylic acids is 1. The summed E-state index contributed by atoms with van der Waals surface area (Å²) in [5, 5.41) is 3.04. The number of carbonyl (C=O) groups is 1. The van der Waals surface area contributed by atoms with Crippen molar-refractivity contribution in [3.63, 3.8) is 0 Å². The Morgan fingerprint density at radius 2 is 2.11 bits per heavy atom. The Hall–Kier alpha value is -1.55. The predicted molar refractivity (Wildman–Crippen MR) is 75.2 cm³/mol. The van der Waals surface area contributed by atoms with Crippen LogP contribution in [0.5, 0.6) is 5.75 Å². The van der Waals surface area contributed by atoms with E-state index < -0.39 is 0 Å². The first-order valence-corrected chi connectivity index (χ1v) is 6.70. The number of nitrogens with zero attached hydrogens (tertiary/aromatic N) is 1. The van der Waals surface area contributed by atoms with E-state index in [1.54, 1.807) is 7.11 Å². The Kier molecular flexibility index (Phi) is 4.43. The average Bonchev–Trinajstić information content (AvgIpc) is 3.23. The molecule has 19 heavy (non-hydrogen) atoms. The lowest BCUT2D eigenvalue weighted by atomic mass is 10.0. The molecule has 1 N–H and O–H groups in total. The highest BCUT2D eigenvalue weighted by Gasteiger charge is 2.30. The fourth-order valence-electron chi connectivity index (χ4n) is 2.20. The van der Waals surface area contributed by atoms with Gasteiger partial charge >= 0.3 is 0 Å². The minimum Gasteiger partial charge on any atom is -0.496 e. The van der Waals surface area contributed by atoms with E-state index in [2.05, 4.69) is 10.2 Å². The zero-order chi connectivity index (χ0) is 13.8. The maximum absolute atomic E-state index is 11.8. The molecule has 1 unspecified atom stereocenters. The van der Waals surface area contributed by atoms with Gasteiger partial charge in [-0.25, -0.2) is 0 Å². The van der Waals surface area contributed by atoms with Crippen LogP contribution in [0.2, 0.25) is 0 Å². The number of nitrogens with one attached hydrogen (secondary N) is 1. The van der Waals surface area contributed by atoms with E-state index in [0.717, 1.165) is 24.2 Å². The predicted octanol–water partition coefficient (Wildman–Crippen LogP) is 1.82. The van der Waals surface area contributed by atoms with Gasteiger partial charge in [-0.1, -0.05) is 18.2 Å². The van der Waals surface area contributed by atoms with Crippen LogP contribution in [-0.2, 0) is 4.79 Å². The highest BCUT2D eigenvalue weighted by atomic mass is 16.5. The summed E-state index contributed by atoms with van der Waals surface area (Å²) >= 11 is 0. The fourth-order valence-corrected chi connectivity index (χ4v) is 2.20. The highest BCUT2D eigenvalue weighted by molar-refractivity contribution is 5.80. The van der Waals surface area contributed by atoms with Gasteiger partial charge in [0.2, 0.25) is 5.91 Å². The van der Waals surface area contributed by atoms with Crippen molar-refractivity contribution in [3.8, 4) is 5.75 Å². The summed E-state index contributed by atoms with van der Waals surface area (Å²) in [4.78, 5) is 13.9. The Morgan fingerprint density at radius 1 is 1.42 bits per heavy atom. The topological polar surface area (TPSA) is 41.6 Å². The molecule has 1 amide bonds. The number of amides is 1. The second kappa shape index (κ2) is 6.06. The van der Waals surface area contributed by atoms with Crippen molar-refractivity contribution < 1.29 is 9.53 Å². The molecule has 0 bridgehead atoms. The summed E-state index contributed by atoms with van der Waals surface area (Å²) in [5.41, 5.74) is 1.10. The van der Waals surface area contributed by atoms with Gasteiger partial charge in [0.1, 0.15) is 5.75 Å². The van der Waals surface area contributed by atoms with E-state index in [4.69, 9.17) is 4.74 Å². The third-order valence-electron chi connectivity index (χ3n) is 3.54. The molecule has 1 fully saturated rings. The van der Waals surface area contributed by atoms with E-state index in [-0.39, 0.29) is 17.9 Å². The number of rotatable bonds is 6. The van der Waals surface area contributed by atoms with Crippen LogP contribution in [0, 0.1) is 5.92 Å². The molecular formula is C15H22N2O2. The van der Waals surface area contributed by atoms with Crippen LogP contribution in [0.3, 0.4) is 0 Å². The maximum Gasteiger partial charge on any atom is 0.223 e. The highest BCUT2D eigenvalue weighted by Crippen LogP contribution is 2.30. The quantitative estimate of drug-likeness (QED) is 0.850. The summed E-state index contributed by atoms with van der Waals surface area (Å²) in [7, 11) is 5.70. The van der Waals surface area contributed by atoms with Crippen molar-refractivity contribution in [2.75, 3.05) is 27.7 Å². The smallest absolute Gasteiger partial charge is 0.223 e. The van der Waals surface area contributed by atoms with Crippen molar-refractivity contribution in [2.24, 2.45) is 5.92 Å². The molecule has 0 saturated heterocycles. The van der Waals surface area contributed by atoms with Crippen LogP contribution >= 0.6 is 0 Å². The molecular weight excluding hydrogens is 240 g/mol. The van der Waals surface area contributed by atoms with Gasteiger partial charge in [-0.3, -0.25) is 4.79 Å². The van der Waals surface area contributed by atoms with Crippen molar-refractivity contribution in [3.05, 3.63) is 29.8 Å². The molecule has 4 nitrogen and oxygen atoms in total. The first-order valence-electron chi connectivity index (χ1n) is 6.70. The van der Waals surface area contributed by atoms with E-state index >= 15 is 0 Å². The summed E-state index contributed by atoms with van der Waals surface area (Å²) in [5.74, 6) is 1.30. The Labute approximate surface area is 114 Å². The summed E-state index contributed by atoms with van der Waals surface area (Å²) in [6.07, 6.45) is 2.07. The monoisotopic (exact) mass is 262 g/mol. The molecule has 104 valence electrons. The van der Waals surface area contributed by atoms with Gasteiger partial charge in [0, 0.05) is 18.0 Å². The van der Waals surface area contributed by atoms with E-state index in [0.29, 0.717) is 6.54 Å². The SMILES string of the molecule is COc1ccccc1C(CNC(=O)C1CC1)N(C)C. The third-order valence-corrected chi connectivity index (χ3v) is 3.54. The molecule has 1 aliphatic carbocycles. The Bertz CT molecular complexity index is 442. The molecule has 1 aromatic carbocycles. The first-order chi connectivity index (χ1) is 9.13. The molecule has 0 aliphatic heterocycles. The molecule has 1 aromatic rings. The van der Waals surface area contributed by atoms with E-state index in [1.165, 1.54) is 0 Å². The van der Waals surface area contributed by atoms with Crippen LogP contribution in [0.25, 0.3) is 0 Å². The molecule has 1 saturated carbocycles. The van der Waals surface area contributed by atoms with Crippen LogP contribution in [0.1, 0.15) is 24.4 Å². The van der Waals surface area contributed by atoms with Crippen molar-refractivity contribution >= 4 is 5.91 Å². The number of methoxy groups -OCH3 is 1. The number of likely N-dealkylation sites (N-methyl/N-ethyl adjacent to an activating group) is 1. The molecule has 0 heterocycles. The molecule has 2 rings (SSSR count). The lowest BCUT2D eigenvalue weighted by molar-refractivity contribution is -0.122. The van der Waals surface area contributed by atoms with Crippen LogP contribution in [-0.4, -0.2) is 38.6 Å². The standard InChI is InChI=1S/C15H22N2O2/c1-17(2)13(10-16-15(18)11-8-9-11)12-6-4-5-7-14(12)19-3/h4-7,11,13H,8-10H2,1-3H3,(H,16,18). The van der Waals surface area contributed by atoms with Crippen LogP contribution in [0.15, 0.2) is 24.3 Å². The van der Waals surface area contributed by atoms with Gasteiger partial charge in [0.15, 0.2) is 0 Å². The molecule has 0 aromatic heterocycles. The lowest BCUT2D eigenvalue weighted by Gasteiger charge is -2.26. The van der Waals surface area contributed by atoms with Gasteiger partial charge in [-0.2, -0.15) is 0 Å². The van der Waals surface area contributed by atoms with Gasteiger partial charge in [-0.05, 0) is 33.0 Å². The second-order valence-corrected chi connectivity index (χ2v) is 5.24. The zero-order valence-electron chi connectivity index (χ0n) is 11.8. The van der Waals surface area contributed by atoms with E-state index in [9.17, 15) is 4.79 Å². The number of para-hydroxylation sites is 1. The van der Waals surface area contributed by atoms with Crippen molar-refractivity contribution in [2.45, 2.75) is 18.9 Å². The van der Waals surface area contributed by atoms with Gasteiger partial charge in [-0.15, -0.1) is 0 Å². The molecule has 0 radical (unpaired) electrons. The van der Waals surface area contributed by atoms with Crippen LogP contribution in [0.4, 0.5) is 0 Å². The summed E-state index contributed by atoms with van der Waals surface area (Å²) in [6.45, 7) is 0.614. The minimum absolute atomic E-state index is 0.124. The first kappa shape index (κ1) is 13.9. The zero-order valence-corrected chi connectivity index (χ0v) is 11.8. The van der Waals surface area contributed by atoms with Gasteiger partial charge in [0.25, 0.3) is 0 Å². The van der Waals surface area contributed by atoms with E-state index in [1.807, 2.05) is 38.4 Å². The number of ether oxygens (including phenoxy) is 1. The normalized spacial score (nSPS) is 16.2. The molecule has 0 spiro atoms. The average molecular weight is 262 g/mol. The lowest BCUT2D eigenvalue weighted by Crippen LogP contribution is -2.35. The van der Waals surface area contributed by atoms with Gasteiger partial charge in [0.05, 0.1) is 13.2 Å². The summed E-state index contributed by atoms with van der Waals surface area (Å²) in [6, 6.07) is 8.08. The molecule has 1 aliphatic rings. The Morgan fingerprint density at radius 3 is 2.68 bits per heavy atom. The van der Waals surface area contributed by atoms with Gasteiger partial charge < -0.3 is 15.0 Å². The fraction of sp³-hybridized carbons (Fsp3) is 0.533. The Balaban J connectivity index is 2.07. The number of hydrogen-bond donors (Lipinski definition) is 1. The van der Waals surface area contributed by atoms with Crippen molar-refractivity contribution in [1.82, 2.24) is 10.2 Å². The largest absolute Gasteiger partial charge is 0.496 e. The van der Waals surface area contributed by atoms with Crippen LogP contribution < -0.4 is 10.1 Å². The third kappa shape index (κ3) is 3.47. The maximum atomic E-state index is 11.8. The number of benzene rings is 1. The molecule has 4 heteroatoms. The molecule has 1 atom stereocenters. The van der Waals surface area contributed by atoms with Crippen molar-refractivity contribution in [1.29, 1.82) is 0 Å². The summed E-state index contributed by atoms with van der Waals surface area (Å²) < 4.78 is 5.40. The minimum atomic E-state index is 0.124.